The van der Waals surface area contributed by atoms with Gasteiger partial charge in [0.1, 0.15) is 17.7 Å². The van der Waals surface area contributed by atoms with Crippen molar-refractivity contribution in [2.24, 2.45) is 5.73 Å². The average molecular weight is 388 g/mol. The van der Waals surface area contributed by atoms with Crippen LogP contribution in [0.1, 0.15) is 18.4 Å². The SMILES string of the molecule is N=C(N)C1=CNC(O)(N2CCC(Oc3ccccc3C(F)(F)F)CC2)S1. The summed E-state index contributed by atoms with van der Waals surface area (Å²) in [4.78, 5) is 2.18. The summed E-state index contributed by atoms with van der Waals surface area (Å²) in [6.07, 6.45) is -2.43. The topological polar surface area (TPSA) is 94.6 Å². The van der Waals surface area contributed by atoms with Crippen LogP contribution in [-0.4, -0.2) is 40.2 Å². The molecule has 1 unspecified atom stereocenters. The summed E-state index contributed by atoms with van der Waals surface area (Å²) in [5.74, 6) is -0.313. The number of nitrogens with two attached hydrogens (primary N) is 1. The van der Waals surface area contributed by atoms with Crippen LogP contribution in [0.4, 0.5) is 13.2 Å². The number of rotatable bonds is 4. The fourth-order valence-corrected chi connectivity index (χ4v) is 3.88. The molecule has 0 radical (unpaired) electrons. The summed E-state index contributed by atoms with van der Waals surface area (Å²) in [6, 6.07) is 5.16. The van der Waals surface area contributed by atoms with Gasteiger partial charge in [-0.2, -0.15) is 13.2 Å². The third-order valence-corrected chi connectivity index (χ3v) is 5.48. The summed E-state index contributed by atoms with van der Waals surface area (Å²) in [7, 11) is 0. The van der Waals surface area contributed by atoms with Gasteiger partial charge in [0.15, 0.2) is 0 Å². The maximum Gasteiger partial charge on any atom is 0.419 e. The summed E-state index contributed by atoms with van der Waals surface area (Å²) < 4.78 is 44.8. The number of ether oxygens (including phenoxy) is 1. The Hall–Kier alpha value is -1.91. The van der Waals surface area contributed by atoms with E-state index in [0.29, 0.717) is 30.8 Å². The lowest BCUT2D eigenvalue weighted by molar-refractivity contribution is -0.139. The van der Waals surface area contributed by atoms with E-state index in [1.54, 1.807) is 4.90 Å². The molecule has 1 aromatic rings. The highest BCUT2D eigenvalue weighted by Gasteiger charge is 2.42. The van der Waals surface area contributed by atoms with Crippen molar-refractivity contribution < 1.29 is 23.0 Å². The second kappa shape index (κ2) is 7.01. The van der Waals surface area contributed by atoms with Crippen LogP contribution in [0.25, 0.3) is 0 Å². The number of amidine groups is 1. The van der Waals surface area contributed by atoms with Crippen LogP contribution in [0.5, 0.6) is 5.75 Å². The van der Waals surface area contributed by atoms with E-state index in [1.807, 2.05) is 0 Å². The first-order chi connectivity index (χ1) is 12.2. The van der Waals surface area contributed by atoms with Crippen LogP contribution in [0.3, 0.4) is 0 Å². The molecule has 1 aromatic carbocycles. The van der Waals surface area contributed by atoms with Gasteiger partial charge in [-0.15, -0.1) is 0 Å². The molecule has 0 spiro atoms. The van der Waals surface area contributed by atoms with Gasteiger partial charge in [0.2, 0.25) is 0 Å². The van der Waals surface area contributed by atoms with Crippen molar-refractivity contribution in [3.05, 3.63) is 40.9 Å². The highest BCUT2D eigenvalue weighted by atomic mass is 32.2. The van der Waals surface area contributed by atoms with Gasteiger partial charge < -0.3 is 20.9 Å². The third kappa shape index (κ3) is 3.92. The fraction of sp³-hybridized carbons (Fsp3) is 0.438. The van der Waals surface area contributed by atoms with Gasteiger partial charge in [0.25, 0.3) is 5.18 Å². The Morgan fingerprint density at radius 2 is 2.00 bits per heavy atom. The number of hydrogen-bond acceptors (Lipinski definition) is 6. The summed E-state index contributed by atoms with van der Waals surface area (Å²) >= 11 is 1.03. The molecule has 10 heteroatoms. The van der Waals surface area contributed by atoms with Gasteiger partial charge in [-0.05, 0) is 36.7 Å². The molecule has 6 nitrogen and oxygen atoms in total. The van der Waals surface area contributed by atoms with Crippen molar-refractivity contribution in [3.63, 3.8) is 0 Å². The Bertz CT molecular complexity index is 720. The zero-order valence-electron chi connectivity index (χ0n) is 13.7. The summed E-state index contributed by atoms with van der Waals surface area (Å²) in [6.45, 7) is 0.850. The van der Waals surface area contributed by atoms with Gasteiger partial charge >= 0.3 is 6.18 Å². The maximum atomic E-state index is 13.1. The first-order valence-electron chi connectivity index (χ1n) is 8.00. The highest BCUT2D eigenvalue weighted by molar-refractivity contribution is 8.05. The zero-order chi connectivity index (χ0) is 18.9. The second-order valence-electron chi connectivity index (χ2n) is 6.08. The number of piperidine rings is 1. The molecule has 1 atom stereocenters. The molecular formula is C16H19F3N4O2S. The van der Waals surface area contributed by atoms with Crippen molar-refractivity contribution >= 4 is 17.6 Å². The van der Waals surface area contributed by atoms with Crippen LogP contribution in [0.15, 0.2) is 35.4 Å². The Labute approximate surface area is 152 Å². The van der Waals surface area contributed by atoms with Gasteiger partial charge in [0.05, 0.1) is 10.5 Å². The molecule has 0 aliphatic carbocycles. The molecule has 1 fully saturated rings. The maximum absolute atomic E-state index is 13.1. The third-order valence-electron chi connectivity index (χ3n) is 4.27. The van der Waals surface area contributed by atoms with Crippen LogP contribution in [-0.2, 0) is 6.18 Å². The van der Waals surface area contributed by atoms with E-state index in [1.165, 1.54) is 24.4 Å². The Kier molecular flexibility index (Phi) is 5.09. The van der Waals surface area contributed by atoms with Gasteiger partial charge in [0, 0.05) is 19.3 Å². The lowest BCUT2D eigenvalue weighted by Gasteiger charge is -2.40. The first kappa shape index (κ1) is 18.9. The standard InChI is InChI=1S/C16H19F3N4O2S/c17-15(18,19)11-3-1-2-4-12(11)25-10-5-7-23(8-6-10)16(24)22-9-13(26-16)14(20)21/h1-4,9-10,22,24H,5-8H2,(H3,20,21). The molecule has 26 heavy (non-hydrogen) atoms. The molecule has 2 aliphatic rings. The molecule has 1 saturated heterocycles. The Morgan fingerprint density at radius 1 is 1.35 bits per heavy atom. The molecule has 0 aromatic heterocycles. The lowest BCUT2D eigenvalue weighted by Crippen LogP contribution is -2.56. The smallest absolute Gasteiger partial charge is 0.419 e. The number of likely N-dealkylation sites (tertiary alicyclic amines) is 1. The number of para-hydroxylation sites is 1. The normalized spacial score (nSPS) is 24.8. The number of thioether (sulfide) groups is 1. The number of aliphatic hydroxyl groups is 1. The predicted molar refractivity (Wildman–Crippen MR) is 92.3 cm³/mol. The van der Waals surface area contributed by atoms with Crippen molar-refractivity contribution in [1.82, 2.24) is 10.2 Å². The number of halogens is 3. The number of alkyl halides is 3. The molecule has 0 amide bonds. The number of nitrogens with one attached hydrogen (secondary N) is 2. The van der Waals surface area contributed by atoms with E-state index in [0.717, 1.165) is 17.8 Å². The van der Waals surface area contributed by atoms with Crippen LogP contribution in [0, 0.1) is 5.41 Å². The van der Waals surface area contributed by atoms with E-state index in [4.69, 9.17) is 15.9 Å². The monoisotopic (exact) mass is 388 g/mol. The van der Waals surface area contributed by atoms with Gasteiger partial charge in [-0.25, -0.2) is 4.90 Å². The Balaban J connectivity index is 1.60. The minimum atomic E-state index is -4.47. The Morgan fingerprint density at radius 3 is 2.58 bits per heavy atom. The second-order valence-corrected chi connectivity index (χ2v) is 7.29. The molecule has 142 valence electrons. The van der Waals surface area contributed by atoms with Crippen molar-refractivity contribution in [3.8, 4) is 5.75 Å². The predicted octanol–water partition coefficient (Wildman–Crippen LogP) is 2.27. The highest BCUT2D eigenvalue weighted by Crippen LogP contribution is 2.39. The zero-order valence-corrected chi connectivity index (χ0v) is 14.5. The van der Waals surface area contributed by atoms with E-state index < -0.39 is 16.9 Å². The number of hydrogen-bond donors (Lipinski definition) is 4. The number of nitrogens with zero attached hydrogens (tertiary/aromatic N) is 1. The van der Waals surface area contributed by atoms with Crippen LogP contribution in [0.2, 0.25) is 0 Å². The molecule has 0 bridgehead atoms. The molecule has 3 rings (SSSR count). The van der Waals surface area contributed by atoms with E-state index >= 15 is 0 Å². The van der Waals surface area contributed by atoms with Crippen LogP contribution >= 0.6 is 11.8 Å². The minimum absolute atomic E-state index is 0.139. The first-order valence-corrected chi connectivity index (χ1v) is 8.82. The fourth-order valence-electron chi connectivity index (χ4n) is 2.92. The molecule has 2 heterocycles. The summed E-state index contributed by atoms with van der Waals surface area (Å²) in [5, 5.41) is 19.5. The largest absolute Gasteiger partial charge is 0.490 e. The molecule has 0 saturated carbocycles. The lowest BCUT2D eigenvalue weighted by atomic mass is 10.1. The quantitative estimate of drug-likeness (QED) is 0.467. The summed E-state index contributed by atoms with van der Waals surface area (Å²) in [5.41, 5.74) is 4.63. The number of benzene rings is 1. The van der Waals surface area contributed by atoms with Gasteiger partial charge in [-0.3, -0.25) is 5.41 Å². The van der Waals surface area contributed by atoms with Crippen molar-refractivity contribution in [2.45, 2.75) is 30.3 Å². The van der Waals surface area contributed by atoms with Gasteiger partial charge in [-0.1, -0.05) is 12.1 Å². The average Bonchev–Trinajstić information content (AvgIpc) is 2.99. The van der Waals surface area contributed by atoms with E-state index in [-0.39, 0.29) is 17.7 Å². The van der Waals surface area contributed by atoms with E-state index in [2.05, 4.69) is 5.32 Å². The molecule has 2 aliphatic heterocycles. The van der Waals surface area contributed by atoms with Crippen molar-refractivity contribution in [1.29, 1.82) is 5.41 Å². The van der Waals surface area contributed by atoms with E-state index in [9.17, 15) is 18.3 Å². The van der Waals surface area contributed by atoms with Crippen LogP contribution < -0.4 is 15.8 Å². The minimum Gasteiger partial charge on any atom is -0.490 e. The molecule has 5 N–H and O–H groups in total. The van der Waals surface area contributed by atoms with Crippen molar-refractivity contribution in [2.75, 3.05) is 13.1 Å². The molecular weight excluding hydrogens is 369 g/mol.